The minimum atomic E-state index is -4.34. The van der Waals surface area contributed by atoms with Crippen molar-refractivity contribution in [1.29, 1.82) is 0 Å². The third kappa shape index (κ3) is 3.03. The van der Waals surface area contributed by atoms with E-state index in [4.69, 9.17) is 9.47 Å². The normalized spacial score (nSPS) is 22.8. The molecule has 1 aromatic rings. The average molecular weight is 274 g/mol. The summed E-state index contributed by atoms with van der Waals surface area (Å²) in [4.78, 5) is 0. The number of rotatable bonds is 3. The summed E-state index contributed by atoms with van der Waals surface area (Å²) in [7, 11) is 0. The van der Waals surface area contributed by atoms with Crippen molar-refractivity contribution in [2.24, 2.45) is 0 Å². The van der Waals surface area contributed by atoms with Gasteiger partial charge < -0.3 is 9.47 Å². The Morgan fingerprint density at radius 3 is 2.74 bits per heavy atom. The number of alkyl halides is 3. The van der Waals surface area contributed by atoms with E-state index in [-0.39, 0.29) is 12.0 Å². The van der Waals surface area contributed by atoms with Gasteiger partial charge in [-0.3, -0.25) is 0 Å². The maximum absolute atomic E-state index is 12.6. The van der Waals surface area contributed by atoms with Crippen LogP contribution in [0.15, 0.2) is 18.2 Å². The van der Waals surface area contributed by atoms with Crippen LogP contribution in [0.2, 0.25) is 0 Å². The van der Waals surface area contributed by atoms with Crippen molar-refractivity contribution in [2.75, 3.05) is 13.2 Å². The van der Waals surface area contributed by atoms with Gasteiger partial charge in [-0.15, -0.1) is 0 Å². The second-order valence-corrected chi connectivity index (χ2v) is 4.76. The molecule has 0 N–H and O–H groups in total. The highest BCUT2D eigenvalue weighted by Gasteiger charge is 2.34. The molecule has 5 heteroatoms. The summed E-state index contributed by atoms with van der Waals surface area (Å²) in [6.07, 6.45) is -3.52. The van der Waals surface area contributed by atoms with Crippen molar-refractivity contribution >= 4 is 0 Å². The lowest BCUT2D eigenvalue weighted by molar-refractivity contribution is -0.137. The van der Waals surface area contributed by atoms with Crippen molar-refractivity contribution in [2.45, 2.75) is 38.5 Å². The number of halogens is 3. The summed E-state index contributed by atoms with van der Waals surface area (Å²) in [6, 6.07) is 3.66. The van der Waals surface area contributed by atoms with Gasteiger partial charge in [-0.1, -0.05) is 19.9 Å². The largest absolute Gasteiger partial charge is 0.491 e. The molecule has 0 bridgehead atoms. The Morgan fingerprint density at radius 2 is 2.11 bits per heavy atom. The molecule has 0 unspecified atom stereocenters. The third-order valence-corrected chi connectivity index (χ3v) is 3.33. The monoisotopic (exact) mass is 274 g/mol. The van der Waals surface area contributed by atoms with Crippen LogP contribution in [0.4, 0.5) is 13.2 Å². The zero-order chi connectivity index (χ0) is 14.0. The Morgan fingerprint density at radius 1 is 1.37 bits per heavy atom. The number of hydrogen-bond donors (Lipinski definition) is 0. The number of fused-ring (bicyclic) bond motifs is 1. The molecular weight excluding hydrogens is 257 g/mol. The zero-order valence-corrected chi connectivity index (χ0v) is 11.0. The van der Waals surface area contributed by atoms with Gasteiger partial charge in [0, 0.05) is 12.5 Å². The highest BCUT2D eigenvalue weighted by atomic mass is 19.4. The summed E-state index contributed by atoms with van der Waals surface area (Å²) in [6.45, 7) is 4.90. The lowest BCUT2D eigenvalue weighted by Gasteiger charge is -2.31. The van der Waals surface area contributed by atoms with E-state index < -0.39 is 11.7 Å². The first-order chi connectivity index (χ1) is 8.93. The first-order valence-electron chi connectivity index (χ1n) is 6.39. The molecule has 0 aromatic heterocycles. The topological polar surface area (TPSA) is 18.5 Å². The zero-order valence-electron chi connectivity index (χ0n) is 11.0. The second-order valence-electron chi connectivity index (χ2n) is 4.76. The Balaban J connectivity index is 2.21. The first kappa shape index (κ1) is 14.2. The summed E-state index contributed by atoms with van der Waals surface area (Å²) in [5.74, 6) is 0.358. The van der Waals surface area contributed by atoms with Gasteiger partial charge in [-0.05, 0) is 24.1 Å². The van der Waals surface area contributed by atoms with Crippen LogP contribution in [0.5, 0.6) is 5.75 Å². The van der Waals surface area contributed by atoms with Crippen LogP contribution >= 0.6 is 0 Å². The van der Waals surface area contributed by atoms with E-state index in [0.29, 0.717) is 19.0 Å². The Bertz CT molecular complexity index is 443. The molecule has 2 rings (SSSR count). The first-order valence-corrected chi connectivity index (χ1v) is 6.39. The van der Waals surface area contributed by atoms with Crippen LogP contribution in [0.1, 0.15) is 37.3 Å². The second kappa shape index (κ2) is 5.41. The molecule has 19 heavy (non-hydrogen) atoms. The maximum Gasteiger partial charge on any atom is 0.416 e. The van der Waals surface area contributed by atoms with Crippen molar-refractivity contribution in [1.82, 2.24) is 0 Å². The third-order valence-electron chi connectivity index (χ3n) is 3.33. The van der Waals surface area contributed by atoms with Gasteiger partial charge in [0.1, 0.15) is 12.4 Å². The fraction of sp³-hybridized carbons (Fsp3) is 0.571. The van der Waals surface area contributed by atoms with E-state index in [2.05, 4.69) is 0 Å². The van der Waals surface area contributed by atoms with E-state index >= 15 is 0 Å². The summed E-state index contributed by atoms with van der Waals surface area (Å²) in [5, 5.41) is 0. The molecule has 1 heterocycles. The van der Waals surface area contributed by atoms with Gasteiger partial charge in [-0.2, -0.15) is 13.2 Å². The van der Waals surface area contributed by atoms with Crippen molar-refractivity contribution in [3.8, 4) is 5.75 Å². The van der Waals surface area contributed by atoms with E-state index in [9.17, 15) is 13.2 Å². The highest BCUT2D eigenvalue weighted by molar-refractivity contribution is 5.42. The van der Waals surface area contributed by atoms with Crippen molar-refractivity contribution < 1.29 is 22.6 Å². The molecule has 1 aliphatic rings. The van der Waals surface area contributed by atoms with Crippen molar-refractivity contribution in [3.05, 3.63) is 29.3 Å². The Kier molecular flexibility index (Phi) is 4.04. The quantitative estimate of drug-likeness (QED) is 0.829. The van der Waals surface area contributed by atoms with Crippen molar-refractivity contribution in [3.63, 3.8) is 0 Å². The van der Waals surface area contributed by atoms with Gasteiger partial charge in [0.15, 0.2) is 0 Å². The van der Waals surface area contributed by atoms with Gasteiger partial charge >= 0.3 is 6.18 Å². The standard InChI is InChI=1S/C14H17F3O2/c1-3-6-18-13-8-19-12-7-10(14(15,16)17)4-5-11(12)9(13)2/h4-5,7,9,13H,3,6,8H2,1-2H3/t9-,13+/m0/s1. The molecule has 0 radical (unpaired) electrons. The molecule has 0 fully saturated rings. The van der Waals surface area contributed by atoms with Gasteiger partial charge in [0.2, 0.25) is 0 Å². The lowest BCUT2D eigenvalue weighted by atomic mass is 9.91. The molecule has 1 aliphatic heterocycles. The number of hydrogen-bond acceptors (Lipinski definition) is 2. The smallest absolute Gasteiger partial charge is 0.416 e. The summed E-state index contributed by atoms with van der Waals surface area (Å²) >= 11 is 0. The molecule has 106 valence electrons. The molecule has 1 aromatic carbocycles. The minimum Gasteiger partial charge on any atom is -0.491 e. The van der Waals surface area contributed by atoms with E-state index in [0.717, 1.165) is 24.1 Å². The van der Waals surface area contributed by atoms with Gasteiger partial charge in [0.05, 0.1) is 11.7 Å². The van der Waals surface area contributed by atoms with E-state index in [1.54, 1.807) is 0 Å². The molecule has 0 saturated carbocycles. The maximum atomic E-state index is 12.6. The van der Waals surface area contributed by atoms with E-state index in [1.165, 1.54) is 6.07 Å². The molecular formula is C14H17F3O2. The predicted molar refractivity (Wildman–Crippen MR) is 65.4 cm³/mol. The van der Waals surface area contributed by atoms with Crippen LogP contribution < -0.4 is 4.74 Å². The Hall–Kier alpha value is -1.23. The molecule has 2 atom stereocenters. The predicted octanol–water partition coefficient (Wildman–Crippen LogP) is 4.00. The highest BCUT2D eigenvalue weighted by Crippen LogP contribution is 2.39. The van der Waals surface area contributed by atoms with Crippen LogP contribution in [0.25, 0.3) is 0 Å². The molecule has 0 aliphatic carbocycles. The van der Waals surface area contributed by atoms with Crippen LogP contribution in [-0.2, 0) is 10.9 Å². The van der Waals surface area contributed by atoms with Crippen LogP contribution in [-0.4, -0.2) is 19.3 Å². The molecule has 0 amide bonds. The number of benzene rings is 1. The minimum absolute atomic E-state index is 0.0394. The van der Waals surface area contributed by atoms with Crippen LogP contribution in [0.3, 0.4) is 0 Å². The summed E-state index contributed by atoms with van der Waals surface area (Å²) < 4.78 is 48.9. The van der Waals surface area contributed by atoms with Gasteiger partial charge in [0.25, 0.3) is 0 Å². The SMILES string of the molecule is CCCO[C@@H]1COc2cc(C(F)(F)F)ccc2[C@@H]1C. The van der Waals surface area contributed by atoms with E-state index in [1.807, 2.05) is 13.8 Å². The summed E-state index contributed by atoms with van der Waals surface area (Å²) in [5.41, 5.74) is 0.103. The molecule has 0 saturated heterocycles. The average Bonchev–Trinajstić information content (AvgIpc) is 2.36. The number of ether oxygens (including phenoxy) is 2. The van der Waals surface area contributed by atoms with Crippen LogP contribution in [0, 0.1) is 0 Å². The molecule has 0 spiro atoms. The lowest BCUT2D eigenvalue weighted by Crippen LogP contribution is -2.32. The Labute approximate surface area is 110 Å². The van der Waals surface area contributed by atoms with Gasteiger partial charge in [-0.25, -0.2) is 0 Å². The fourth-order valence-corrected chi connectivity index (χ4v) is 2.19. The molecule has 2 nitrogen and oxygen atoms in total. The fourth-order valence-electron chi connectivity index (χ4n) is 2.19.